The number of nitrogens with one attached hydrogen (secondary N) is 2. The van der Waals surface area contributed by atoms with Crippen LogP contribution >= 0.6 is 0 Å². The van der Waals surface area contributed by atoms with E-state index in [9.17, 15) is 14.6 Å². The number of piperidine rings is 1. The first-order chi connectivity index (χ1) is 16.6. The monoisotopic (exact) mass is 462 g/mol. The van der Waals surface area contributed by atoms with Crippen molar-refractivity contribution in [2.45, 2.75) is 25.4 Å². The number of halogens is 1. The molecule has 3 aromatic heterocycles. The summed E-state index contributed by atoms with van der Waals surface area (Å²) in [4.78, 5) is 9.23. The molecule has 1 fully saturated rings. The molecule has 1 aromatic carbocycles. The zero-order valence-corrected chi connectivity index (χ0v) is 18.7. The summed E-state index contributed by atoms with van der Waals surface area (Å²) < 4.78 is 16.3. The molecule has 0 amide bonds. The zero-order chi connectivity index (χ0) is 23.5. The summed E-state index contributed by atoms with van der Waals surface area (Å²) in [6, 6.07) is 12.1. The second-order valence-electron chi connectivity index (χ2n) is 8.57. The number of fused-ring (bicyclic) bond motifs is 1. The first kappa shape index (κ1) is 22.4. The molecule has 1 aliphatic rings. The van der Waals surface area contributed by atoms with Gasteiger partial charge in [-0.05, 0) is 62.2 Å². The minimum atomic E-state index is -0.451. The molecule has 4 heterocycles. The van der Waals surface area contributed by atoms with Crippen molar-refractivity contribution in [1.82, 2.24) is 25.1 Å². The zero-order valence-electron chi connectivity index (χ0n) is 18.7. The maximum absolute atomic E-state index is 14.8. The Morgan fingerprint density at radius 2 is 1.97 bits per heavy atom. The normalized spacial score (nSPS) is 15.5. The minimum absolute atomic E-state index is 0.00490. The van der Waals surface area contributed by atoms with Crippen molar-refractivity contribution in [3.63, 3.8) is 0 Å². The van der Waals surface area contributed by atoms with Gasteiger partial charge in [0.2, 0.25) is 0 Å². The molecule has 4 aromatic rings. The lowest BCUT2D eigenvalue weighted by atomic mass is 9.83. The highest BCUT2D eigenvalue weighted by molar-refractivity contribution is 5.81. The largest absolute Gasteiger partial charge is 0.396 e. The van der Waals surface area contributed by atoms with Crippen LogP contribution in [0.15, 0.2) is 54.9 Å². The topological polar surface area (TPSA) is 108 Å². The van der Waals surface area contributed by atoms with Crippen LogP contribution in [0.3, 0.4) is 0 Å². The molecule has 9 heteroatoms. The first-order valence-electron chi connectivity index (χ1n) is 11.5. The average molecular weight is 463 g/mol. The lowest BCUT2D eigenvalue weighted by Gasteiger charge is -2.29. The minimum Gasteiger partial charge on any atom is -0.396 e. The fourth-order valence-electron chi connectivity index (χ4n) is 4.51. The molecule has 1 atom stereocenters. The summed E-state index contributed by atoms with van der Waals surface area (Å²) in [7, 11) is 0. The van der Waals surface area contributed by atoms with E-state index >= 15 is 0 Å². The van der Waals surface area contributed by atoms with E-state index in [1.807, 2.05) is 12.1 Å². The lowest BCUT2D eigenvalue weighted by Crippen LogP contribution is -2.32. The molecule has 0 radical (unpaired) electrons. The summed E-state index contributed by atoms with van der Waals surface area (Å²) in [5.74, 6) is 0.419. The number of pyridine rings is 2. The van der Waals surface area contributed by atoms with Crippen LogP contribution in [0, 0.1) is 11.7 Å². The Hall–Kier alpha value is -3.40. The van der Waals surface area contributed by atoms with E-state index in [1.165, 1.54) is 10.7 Å². The second-order valence-corrected chi connectivity index (χ2v) is 8.57. The van der Waals surface area contributed by atoms with Gasteiger partial charge in [-0.15, -0.1) is 0 Å². The van der Waals surface area contributed by atoms with Crippen molar-refractivity contribution in [2.24, 2.45) is 5.92 Å². The third-order valence-electron chi connectivity index (χ3n) is 6.41. The number of rotatable bonds is 7. The van der Waals surface area contributed by atoms with E-state index in [0.29, 0.717) is 23.1 Å². The van der Waals surface area contributed by atoms with Crippen molar-refractivity contribution >= 4 is 22.4 Å². The van der Waals surface area contributed by atoms with Crippen molar-refractivity contribution in [2.75, 3.05) is 25.0 Å². The standard InChI is InChI=1S/C25H27FN6O2/c26-21-11-19(32-10-7-18(14-33)31-32)2-4-23(21)30-25-12-24-17(13-28-25)1-3-22(29-24)20(15-34)16-5-8-27-9-6-16/h1-4,7,10-13,16,20,27,33-34H,5-6,8-9,14-15H2,(H,28,30). The van der Waals surface area contributed by atoms with E-state index < -0.39 is 5.82 Å². The second kappa shape index (κ2) is 9.84. The van der Waals surface area contributed by atoms with Crippen molar-refractivity contribution < 1.29 is 14.6 Å². The molecule has 176 valence electrons. The molecule has 0 aliphatic carbocycles. The highest BCUT2D eigenvalue weighted by Gasteiger charge is 2.25. The van der Waals surface area contributed by atoms with Crippen LogP contribution in [0.4, 0.5) is 15.9 Å². The fourth-order valence-corrected chi connectivity index (χ4v) is 4.51. The molecule has 8 nitrogen and oxygen atoms in total. The average Bonchev–Trinajstić information content (AvgIpc) is 3.36. The van der Waals surface area contributed by atoms with Gasteiger partial charge in [0, 0.05) is 41.5 Å². The number of anilines is 2. The van der Waals surface area contributed by atoms with Gasteiger partial charge >= 0.3 is 0 Å². The lowest BCUT2D eigenvalue weighted by molar-refractivity contribution is 0.199. The maximum atomic E-state index is 14.8. The van der Waals surface area contributed by atoms with Crippen LogP contribution in [0.1, 0.15) is 30.1 Å². The SMILES string of the molecule is OCc1ccn(-c2ccc(Nc3cc4nc(C(CO)C5CCNCC5)ccc4cn3)c(F)c2)n1. The van der Waals surface area contributed by atoms with Gasteiger partial charge < -0.3 is 20.8 Å². The van der Waals surface area contributed by atoms with Crippen molar-refractivity contribution in [3.8, 4) is 5.69 Å². The predicted octanol–water partition coefficient (Wildman–Crippen LogP) is 3.27. The summed E-state index contributed by atoms with van der Waals surface area (Å²) in [6.07, 6.45) is 5.41. The Morgan fingerprint density at radius 1 is 1.12 bits per heavy atom. The Labute approximate surface area is 196 Å². The molecule has 4 N–H and O–H groups in total. The molecular weight excluding hydrogens is 435 g/mol. The molecule has 1 aliphatic heterocycles. The van der Waals surface area contributed by atoms with Gasteiger partial charge in [0.25, 0.3) is 0 Å². The summed E-state index contributed by atoms with van der Waals surface area (Å²) in [5.41, 5.74) is 2.96. The Balaban J connectivity index is 1.38. The van der Waals surface area contributed by atoms with Gasteiger partial charge in [0.05, 0.1) is 35.8 Å². The van der Waals surface area contributed by atoms with Gasteiger partial charge in [-0.1, -0.05) is 0 Å². The Bertz CT molecular complexity index is 1290. The van der Waals surface area contributed by atoms with Crippen molar-refractivity contribution in [1.29, 1.82) is 0 Å². The van der Waals surface area contributed by atoms with Gasteiger partial charge in [-0.2, -0.15) is 5.10 Å². The van der Waals surface area contributed by atoms with Crippen LogP contribution in [0.25, 0.3) is 16.6 Å². The molecule has 0 spiro atoms. The van der Waals surface area contributed by atoms with Crippen LogP contribution in [0.5, 0.6) is 0 Å². The highest BCUT2D eigenvalue weighted by atomic mass is 19.1. The number of aliphatic hydroxyl groups excluding tert-OH is 2. The van der Waals surface area contributed by atoms with Gasteiger partial charge in [-0.3, -0.25) is 4.98 Å². The smallest absolute Gasteiger partial charge is 0.148 e. The fraction of sp³-hybridized carbons (Fsp3) is 0.320. The summed E-state index contributed by atoms with van der Waals surface area (Å²) in [5, 5.41) is 30.7. The molecule has 1 saturated heterocycles. The van der Waals surface area contributed by atoms with E-state index in [4.69, 9.17) is 4.98 Å². The van der Waals surface area contributed by atoms with Gasteiger partial charge in [-0.25, -0.2) is 14.1 Å². The van der Waals surface area contributed by atoms with Crippen LogP contribution in [0.2, 0.25) is 0 Å². The molecule has 5 rings (SSSR count). The van der Waals surface area contributed by atoms with Crippen LogP contribution in [-0.4, -0.2) is 49.7 Å². The van der Waals surface area contributed by atoms with Gasteiger partial charge in [0.1, 0.15) is 11.6 Å². The molecular formula is C25H27FN6O2. The van der Waals surface area contributed by atoms with E-state index in [2.05, 4.69) is 20.7 Å². The quantitative estimate of drug-likeness (QED) is 0.334. The number of hydrogen-bond donors (Lipinski definition) is 4. The molecule has 1 unspecified atom stereocenters. The van der Waals surface area contributed by atoms with Crippen LogP contribution in [-0.2, 0) is 6.61 Å². The highest BCUT2D eigenvalue weighted by Crippen LogP contribution is 2.31. The number of nitrogens with zero attached hydrogens (tertiary/aromatic N) is 4. The Morgan fingerprint density at radius 3 is 2.71 bits per heavy atom. The molecule has 0 bridgehead atoms. The number of aliphatic hydroxyl groups is 2. The molecule has 0 saturated carbocycles. The summed E-state index contributed by atoms with van der Waals surface area (Å²) >= 11 is 0. The van der Waals surface area contributed by atoms with E-state index in [-0.39, 0.29) is 24.8 Å². The number of benzene rings is 1. The van der Waals surface area contributed by atoms with Crippen molar-refractivity contribution in [3.05, 3.63) is 72.1 Å². The van der Waals surface area contributed by atoms with Crippen LogP contribution < -0.4 is 10.6 Å². The van der Waals surface area contributed by atoms with E-state index in [1.54, 1.807) is 36.7 Å². The summed E-state index contributed by atoms with van der Waals surface area (Å²) in [6.45, 7) is 1.81. The first-order valence-corrected chi connectivity index (χ1v) is 11.5. The maximum Gasteiger partial charge on any atom is 0.148 e. The number of hydrogen-bond acceptors (Lipinski definition) is 7. The predicted molar refractivity (Wildman–Crippen MR) is 128 cm³/mol. The number of aromatic nitrogens is 4. The molecule has 34 heavy (non-hydrogen) atoms. The third kappa shape index (κ3) is 4.63. The third-order valence-corrected chi connectivity index (χ3v) is 6.41. The van der Waals surface area contributed by atoms with Gasteiger partial charge in [0.15, 0.2) is 0 Å². The Kier molecular flexibility index (Phi) is 6.48. The van der Waals surface area contributed by atoms with E-state index in [0.717, 1.165) is 42.5 Å².